The second-order valence-electron chi connectivity index (χ2n) is 7.70. The maximum atomic E-state index is 13.0. The van der Waals surface area contributed by atoms with Gasteiger partial charge in [0.05, 0.1) is 0 Å². The number of aryl methyl sites for hydroxylation is 1. The summed E-state index contributed by atoms with van der Waals surface area (Å²) in [7, 11) is 0. The topological polar surface area (TPSA) is 75.2 Å². The van der Waals surface area contributed by atoms with Crippen LogP contribution in [0.15, 0.2) is 24.3 Å². The van der Waals surface area contributed by atoms with Crippen molar-refractivity contribution in [1.29, 1.82) is 0 Å². The first-order valence-electron chi connectivity index (χ1n) is 10.5. The van der Waals surface area contributed by atoms with E-state index >= 15 is 0 Å². The van der Waals surface area contributed by atoms with Crippen LogP contribution in [0.25, 0.3) is 10.6 Å². The van der Waals surface area contributed by atoms with Crippen LogP contribution in [0.4, 0.5) is 5.13 Å². The van der Waals surface area contributed by atoms with E-state index in [4.69, 9.17) is 0 Å². The number of nitrogens with zero attached hydrogens (tertiary/aromatic N) is 3. The van der Waals surface area contributed by atoms with Gasteiger partial charge in [-0.15, -0.1) is 10.2 Å². The zero-order valence-electron chi connectivity index (χ0n) is 17.5. The van der Waals surface area contributed by atoms with Crippen molar-refractivity contribution in [2.75, 3.05) is 11.9 Å². The number of benzene rings is 1. The molecule has 2 amide bonds. The predicted molar refractivity (Wildman–Crippen MR) is 117 cm³/mol. The van der Waals surface area contributed by atoms with E-state index in [1.807, 2.05) is 31.2 Å². The van der Waals surface area contributed by atoms with Crippen molar-refractivity contribution >= 4 is 28.3 Å². The Morgan fingerprint density at radius 1 is 1.24 bits per heavy atom. The van der Waals surface area contributed by atoms with Gasteiger partial charge >= 0.3 is 0 Å². The van der Waals surface area contributed by atoms with Crippen LogP contribution in [-0.4, -0.2) is 39.5 Å². The summed E-state index contributed by atoms with van der Waals surface area (Å²) in [4.78, 5) is 27.6. The zero-order chi connectivity index (χ0) is 20.8. The van der Waals surface area contributed by atoms with E-state index in [9.17, 15) is 9.59 Å². The first-order valence-corrected chi connectivity index (χ1v) is 11.4. The monoisotopic (exact) mass is 414 g/mol. The normalized spacial score (nSPS) is 17.3. The number of carbonyl (C=O) groups excluding carboxylic acids is 2. The standard InChI is InChI=1S/C22H30N4O2S/c1-4-6-8-16(5-2)21(28)26-14-7-9-18(26)19(27)23-22-25-24-20(29-22)17-12-10-15(3)11-13-17/h10-13,16,18H,4-9,14H2,1-3H3,(H,23,25,27)/t16-,18+/m1/s1. The lowest BCUT2D eigenvalue weighted by atomic mass is 9.97. The van der Waals surface area contributed by atoms with Crippen LogP contribution in [0.3, 0.4) is 0 Å². The summed E-state index contributed by atoms with van der Waals surface area (Å²) in [5, 5.41) is 12.4. The average Bonchev–Trinajstić information content (AvgIpc) is 3.38. The molecular weight excluding hydrogens is 384 g/mol. The maximum absolute atomic E-state index is 13.0. The third-order valence-corrected chi connectivity index (χ3v) is 6.43. The highest BCUT2D eigenvalue weighted by molar-refractivity contribution is 7.18. The molecule has 1 aromatic carbocycles. The second-order valence-corrected chi connectivity index (χ2v) is 8.68. The number of hydrogen-bond acceptors (Lipinski definition) is 5. The van der Waals surface area contributed by atoms with E-state index in [2.05, 4.69) is 29.4 Å². The SMILES string of the molecule is CCCC[C@@H](CC)C(=O)N1CCC[C@H]1C(=O)Nc1nnc(-c2ccc(C)cc2)s1. The van der Waals surface area contributed by atoms with Crippen LogP contribution in [0.5, 0.6) is 0 Å². The molecule has 1 aliphatic heterocycles. The van der Waals surface area contributed by atoms with Gasteiger partial charge in [0.2, 0.25) is 16.9 Å². The van der Waals surface area contributed by atoms with E-state index in [-0.39, 0.29) is 17.7 Å². The Kier molecular flexibility index (Phi) is 7.36. The van der Waals surface area contributed by atoms with E-state index in [1.54, 1.807) is 4.90 Å². The average molecular weight is 415 g/mol. The van der Waals surface area contributed by atoms with Crippen LogP contribution >= 0.6 is 11.3 Å². The number of amides is 2. The van der Waals surface area contributed by atoms with Gasteiger partial charge in [0, 0.05) is 18.0 Å². The van der Waals surface area contributed by atoms with E-state index < -0.39 is 6.04 Å². The van der Waals surface area contributed by atoms with Gasteiger partial charge in [0.15, 0.2) is 0 Å². The van der Waals surface area contributed by atoms with Crippen molar-refractivity contribution in [3.63, 3.8) is 0 Å². The molecule has 29 heavy (non-hydrogen) atoms. The first-order chi connectivity index (χ1) is 14.0. The summed E-state index contributed by atoms with van der Waals surface area (Å²) in [6.45, 7) is 6.88. The van der Waals surface area contributed by atoms with Crippen LogP contribution in [-0.2, 0) is 9.59 Å². The minimum Gasteiger partial charge on any atom is -0.330 e. The molecule has 1 saturated heterocycles. The summed E-state index contributed by atoms with van der Waals surface area (Å²) in [5.74, 6) is -0.0259. The summed E-state index contributed by atoms with van der Waals surface area (Å²) in [6, 6.07) is 7.64. The minimum absolute atomic E-state index is 0.0121. The zero-order valence-corrected chi connectivity index (χ0v) is 18.3. The molecular formula is C22H30N4O2S. The summed E-state index contributed by atoms with van der Waals surface area (Å²) < 4.78 is 0. The molecule has 0 aliphatic carbocycles. The van der Waals surface area contributed by atoms with E-state index in [0.29, 0.717) is 18.1 Å². The van der Waals surface area contributed by atoms with Crippen molar-refractivity contribution in [3.8, 4) is 10.6 Å². The number of anilines is 1. The van der Waals surface area contributed by atoms with Gasteiger partial charge < -0.3 is 4.90 Å². The highest BCUT2D eigenvalue weighted by Gasteiger charge is 2.36. The molecule has 1 aliphatic rings. The quantitative estimate of drug-likeness (QED) is 0.682. The Morgan fingerprint density at radius 2 is 2.00 bits per heavy atom. The molecule has 0 saturated carbocycles. The van der Waals surface area contributed by atoms with Gasteiger partial charge in [0.25, 0.3) is 0 Å². The Hall–Kier alpha value is -2.28. The van der Waals surface area contributed by atoms with Gasteiger partial charge in [-0.2, -0.15) is 0 Å². The van der Waals surface area contributed by atoms with Crippen LogP contribution in [0, 0.1) is 12.8 Å². The number of rotatable bonds is 8. The molecule has 7 heteroatoms. The number of carbonyl (C=O) groups is 2. The van der Waals surface area contributed by atoms with Crippen molar-refractivity contribution in [2.24, 2.45) is 5.92 Å². The molecule has 1 fully saturated rings. The van der Waals surface area contributed by atoms with Crippen molar-refractivity contribution in [2.45, 2.75) is 65.3 Å². The molecule has 1 aromatic heterocycles. The third kappa shape index (κ3) is 5.21. The number of hydrogen-bond donors (Lipinski definition) is 1. The van der Waals surface area contributed by atoms with Gasteiger partial charge in [0.1, 0.15) is 11.0 Å². The van der Waals surface area contributed by atoms with Gasteiger partial charge in [-0.25, -0.2) is 0 Å². The van der Waals surface area contributed by atoms with Crippen LogP contribution < -0.4 is 5.32 Å². The number of likely N-dealkylation sites (tertiary alicyclic amines) is 1. The lowest BCUT2D eigenvalue weighted by Gasteiger charge is -2.27. The molecule has 6 nitrogen and oxygen atoms in total. The van der Waals surface area contributed by atoms with Crippen LogP contribution in [0.2, 0.25) is 0 Å². The molecule has 2 aromatic rings. The number of aromatic nitrogens is 2. The van der Waals surface area contributed by atoms with Crippen molar-refractivity contribution < 1.29 is 9.59 Å². The smallest absolute Gasteiger partial charge is 0.249 e. The summed E-state index contributed by atoms with van der Waals surface area (Å²) in [5.41, 5.74) is 2.16. The van der Waals surface area contributed by atoms with E-state index in [1.165, 1.54) is 16.9 Å². The lowest BCUT2D eigenvalue weighted by Crippen LogP contribution is -2.45. The Balaban J connectivity index is 1.65. The van der Waals surface area contributed by atoms with Gasteiger partial charge in [-0.3, -0.25) is 14.9 Å². The van der Waals surface area contributed by atoms with E-state index in [0.717, 1.165) is 42.7 Å². The van der Waals surface area contributed by atoms with Crippen molar-refractivity contribution in [3.05, 3.63) is 29.8 Å². The fourth-order valence-corrected chi connectivity index (χ4v) is 4.52. The molecule has 0 bridgehead atoms. The van der Waals surface area contributed by atoms with Crippen LogP contribution in [0.1, 0.15) is 57.9 Å². The summed E-state index contributed by atoms with van der Waals surface area (Å²) in [6.07, 6.45) is 5.40. The Morgan fingerprint density at radius 3 is 2.69 bits per heavy atom. The van der Waals surface area contributed by atoms with Gasteiger partial charge in [-0.1, -0.05) is 67.9 Å². The maximum Gasteiger partial charge on any atom is 0.249 e. The predicted octanol–water partition coefficient (Wildman–Crippen LogP) is 4.66. The molecule has 0 radical (unpaired) electrons. The Bertz CT molecular complexity index is 834. The molecule has 1 N–H and O–H groups in total. The number of unbranched alkanes of at least 4 members (excludes halogenated alkanes) is 1. The molecule has 2 atom stereocenters. The highest BCUT2D eigenvalue weighted by atomic mass is 32.1. The molecule has 0 spiro atoms. The number of nitrogens with one attached hydrogen (secondary N) is 1. The minimum atomic E-state index is -0.412. The molecule has 156 valence electrons. The van der Waals surface area contributed by atoms with Gasteiger partial charge in [-0.05, 0) is 32.6 Å². The molecule has 0 unspecified atom stereocenters. The lowest BCUT2D eigenvalue weighted by molar-refractivity contribution is -0.140. The fourth-order valence-electron chi connectivity index (χ4n) is 3.77. The summed E-state index contributed by atoms with van der Waals surface area (Å²) >= 11 is 1.35. The van der Waals surface area contributed by atoms with Crippen molar-refractivity contribution in [1.82, 2.24) is 15.1 Å². The third-order valence-electron chi connectivity index (χ3n) is 5.54. The largest absolute Gasteiger partial charge is 0.330 e. The molecule has 2 heterocycles. The fraction of sp³-hybridized carbons (Fsp3) is 0.545. The Labute approximate surface area is 176 Å². The molecule has 3 rings (SSSR count). The first kappa shape index (κ1) is 21.4. The highest BCUT2D eigenvalue weighted by Crippen LogP contribution is 2.28. The second kappa shape index (κ2) is 9.96.